The number of ether oxygens (including phenoxy) is 1. The van der Waals surface area contributed by atoms with Crippen molar-refractivity contribution in [2.24, 2.45) is 7.05 Å². The molecule has 152 valence electrons. The van der Waals surface area contributed by atoms with Gasteiger partial charge in [-0.25, -0.2) is 4.98 Å². The zero-order valence-corrected chi connectivity index (χ0v) is 17.8. The molecule has 0 saturated heterocycles. The monoisotopic (exact) mass is 421 g/mol. The summed E-state index contributed by atoms with van der Waals surface area (Å²) in [6.07, 6.45) is 3.37. The van der Waals surface area contributed by atoms with Crippen LogP contribution >= 0.6 is 11.8 Å². The molecule has 4 rings (SSSR count). The quantitative estimate of drug-likeness (QED) is 0.434. The van der Waals surface area contributed by atoms with Gasteiger partial charge < -0.3 is 4.74 Å². The van der Waals surface area contributed by atoms with Crippen molar-refractivity contribution in [3.63, 3.8) is 0 Å². The fourth-order valence-electron chi connectivity index (χ4n) is 2.91. The van der Waals surface area contributed by atoms with E-state index in [2.05, 4.69) is 31.2 Å². The topological polar surface area (TPSA) is 110 Å². The number of aromatic nitrogens is 7. The Hall–Kier alpha value is -3.65. The van der Waals surface area contributed by atoms with Crippen molar-refractivity contribution in [3.8, 4) is 11.8 Å². The molecule has 4 aromatic rings. The number of hydrogen-bond donors (Lipinski definition) is 0. The molecule has 3 heterocycles. The molecule has 0 N–H and O–H groups in total. The summed E-state index contributed by atoms with van der Waals surface area (Å²) >= 11 is 1.38. The summed E-state index contributed by atoms with van der Waals surface area (Å²) in [6, 6.07) is 9.86. The van der Waals surface area contributed by atoms with Crippen LogP contribution in [0.4, 0.5) is 11.8 Å². The van der Waals surface area contributed by atoms with E-state index in [-0.39, 0.29) is 0 Å². The van der Waals surface area contributed by atoms with Crippen LogP contribution in [-0.4, -0.2) is 47.7 Å². The van der Waals surface area contributed by atoms with Crippen LogP contribution in [0.3, 0.4) is 0 Å². The van der Waals surface area contributed by atoms with E-state index in [1.165, 1.54) is 22.5 Å². The van der Waals surface area contributed by atoms with E-state index in [1.807, 2.05) is 49.4 Å². The number of anilines is 2. The molecule has 0 aliphatic rings. The van der Waals surface area contributed by atoms with Crippen molar-refractivity contribution >= 4 is 29.2 Å². The van der Waals surface area contributed by atoms with Crippen LogP contribution in [0.5, 0.6) is 5.75 Å². The van der Waals surface area contributed by atoms with Crippen molar-refractivity contribution in [1.29, 1.82) is 5.26 Å². The maximum Gasteiger partial charge on any atom is 0.251 e. The second kappa shape index (κ2) is 8.00. The first-order chi connectivity index (χ1) is 14.5. The highest BCUT2D eigenvalue weighted by molar-refractivity contribution is 7.98. The lowest BCUT2D eigenvalue weighted by Gasteiger charge is -2.21. The first kappa shape index (κ1) is 19.7. The van der Waals surface area contributed by atoms with Gasteiger partial charge in [0, 0.05) is 7.05 Å². The maximum absolute atomic E-state index is 9.43. The van der Waals surface area contributed by atoms with Crippen LogP contribution in [0.25, 0.3) is 5.65 Å². The number of hydrogen-bond acceptors (Lipinski definition) is 9. The maximum atomic E-state index is 9.43. The summed E-state index contributed by atoms with van der Waals surface area (Å²) in [6.45, 7) is 2.33. The third-order valence-electron chi connectivity index (χ3n) is 4.59. The number of methoxy groups -OCH3 is 1. The van der Waals surface area contributed by atoms with Crippen molar-refractivity contribution in [1.82, 2.24) is 34.3 Å². The largest absolute Gasteiger partial charge is 0.497 e. The lowest BCUT2D eigenvalue weighted by atomic mass is 10.2. The van der Waals surface area contributed by atoms with Gasteiger partial charge in [-0.3, -0.25) is 9.58 Å². The number of fused-ring (bicyclic) bond motifs is 1. The Kier molecular flexibility index (Phi) is 5.24. The van der Waals surface area contributed by atoms with Gasteiger partial charge in [-0.1, -0.05) is 23.9 Å². The van der Waals surface area contributed by atoms with Crippen LogP contribution in [-0.2, 0) is 13.6 Å². The highest BCUT2D eigenvalue weighted by Crippen LogP contribution is 2.29. The molecule has 0 radical (unpaired) electrons. The lowest BCUT2D eigenvalue weighted by Crippen LogP contribution is -2.21. The molecule has 0 aliphatic carbocycles. The molecule has 0 spiro atoms. The van der Waals surface area contributed by atoms with Crippen LogP contribution in [0, 0.1) is 18.3 Å². The fourth-order valence-corrected chi connectivity index (χ4v) is 3.25. The zero-order valence-electron chi connectivity index (χ0n) is 16.9. The van der Waals surface area contributed by atoms with E-state index >= 15 is 0 Å². The number of thioether (sulfide) groups is 1. The molecule has 3 aromatic heterocycles. The van der Waals surface area contributed by atoms with Crippen molar-refractivity contribution in [3.05, 3.63) is 47.5 Å². The van der Waals surface area contributed by atoms with E-state index in [0.717, 1.165) is 17.1 Å². The van der Waals surface area contributed by atoms with Gasteiger partial charge >= 0.3 is 0 Å². The van der Waals surface area contributed by atoms with Gasteiger partial charge in [0.25, 0.3) is 5.95 Å². The van der Waals surface area contributed by atoms with Gasteiger partial charge in [0.2, 0.25) is 5.16 Å². The summed E-state index contributed by atoms with van der Waals surface area (Å²) in [5, 5.41) is 18.9. The summed E-state index contributed by atoms with van der Waals surface area (Å²) in [5.41, 5.74) is 1.80. The molecule has 10 nitrogen and oxygen atoms in total. The highest BCUT2D eigenvalue weighted by Gasteiger charge is 2.23. The van der Waals surface area contributed by atoms with E-state index < -0.39 is 0 Å². The molecule has 30 heavy (non-hydrogen) atoms. The summed E-state index contributed by atoms with van der Waals surface area (Å²) in [7, 11) is 3.47. The average Bonchev–Trinajstić information content (AvgIpc) is 3.34. The molecule has 1 aromatic carbocycles. The normalized spacial score (nSPS) is 10.9. The molecular weight excluding hydrogens is 402 g/mol. The second-order valence-electron chi connectivity index (χ2n) is 6.43. The Balaban J connectivity index is 1.89. The Morgan fingerprint density at radius 1 is 1.20 bits per heavy atom. The van der Waals surface area contributed by atoms with Crippen LogP contribution < -0.4 is 9.64 Å². The van der Waals surface area contributed by atoms with Crippen LogP contribution in [0.2, 0.25) is 0 Å². The van der Waals surface area contributed by atoms with Crippen LogP contribution in [0.1, 0.15) is 17.1 Å². The Labute approximate surface area is 177 Å². The average molecular weight is 421 g/mol. The predicted octanol–water partition coefficient (Wildman–Crippen LogP) is 2.50. The van der Waals surface area contributed by atoms with E-state index in [9.17, 15) is 5.26 Å². The third kappa shape index (κ3) is 3.53. The number of imidazole rings is 1. The molecule has 11 heteroatoms. The number of benzene rings is 1. The molecule has 0 saturated carbocycles. The smallest absolute Gasteiger partial charge is 0.251 e. The van der Waals surface area contributed by atoms with E-state index in [0.29, 0.717) is 34.8 Å². The molecule has 0 unspecified atom stereocenters. The molecule has 0 fully saturated rings. The molecule has 0 amide bonds. The summed E-state index contributed by atoms with van der Waals surface area (Å²) in [4.78, 5) is 15.5. The van der Waals surface area contributed by atoms with Crippen molar-refractivity contribution in [2.45, 2.75) is 18.6 Å². The minimum absolute atomic E-state index is 0.332. The molecule has 0 aliphatic heterocycles. The minimum atomic E-state index is 0.332. The van der Waals surface area contributed by atoms with Crippen molar-refractivity contribution in [2.75, 3.05) is 18.3 Å². The fraction of sp³-hybridized carbons (Fsp3) is 0.263. The molecular formula is C19H19N9OS. The highest BCUT2D eigenvalue weighted by atomic mass is 32.2. The predicted molar refractivity (Wildman–Crippen MR) is 112 cm³/mol. The standard InChI is InChI=1S/C19H19N9OS/c1-12-22-18(24-26(12)2)27(11-13-5-7-15(29-3)8-6-13)17-16-21-10-14(9-20)28(16)25-19(23-17)30-4/h5-8,10H,11H2,1-4H3. The Morgan fingerprint density at radius 3 is 2.57 bits per heavy atom. The first-order valence-corrected chi connectivity index (χ1v) is 10.2. The van der Waals surface area contributed by atoms with E-state index in [1.54, 1.807) is 11.8 Å². The van der Waals surface area contributed by atoms with Gasteiger partial charge in [-0.15, -0.1) is 10.2 Å². The van der Waals surface area contributed by atoms with Gasteiger partial charge in [-0.2, -0.15) is 19.7 Å². The zero-order chi connectivity index (χ0) is 21.3. The third-order valence-corrected chi connectivity index (χ3v) is 5.13. The van der Waals surface area contributed by atoms with Gasteiger partial charge in [0.05, 0.1) is 19.9 Å². The van der Waals surface area contributed by atoms with Gasteiger partial charge in [0.1, 0.15) is 17.6 Å². The molecule has 0 bridgehead atoms. The van der Waals surface area contributed by atoms with Crippen LogP contribution in [0.15, 0.2) is 35.6 Å². The number of rotatable bonds is 6. The minimum Gasteiger partial charge on any atom is -0.497 e. The summed E-state index contributed by atoms with van der Waals surface area (Å²) in [5.74, 6) is 2.55. The number of nitriles is 1. The second-order valence-corrected chi connectivity index (χ2v) is 7.20. The number of aryl methyl sites for hydroxylation is 2. The first-order valence-electron chi connectivity index (χ1n) is 9.02. The van der Waals surface area contributed by atoms with Crippen molar-refractivity contribution < 1.29 is 4.74 Å². The lowest BCUT2D eigenvalue weighted by molar-refractivity contribution is 0.414. The van der Waals surface area contributed by atoms with E-state index in [4.69, 9.17) is 4.74 Å². The molecule has 0 atom stereocenters. The summed E-state index contributed by atoms with van der Waals surface area (Å²) < 4.78 is 8.47. The number of nitrogens with zero attached hydrogens (tertiary/aromatic N) is 9. The Morgan fingerprint density at radius 2 is 1.97 bits per heavy atom. The van der Waals surface area contributed by atoms with Gasteiger partial charge in [-0.05, 0) is 30.9 Å². The van der Waals surface area contributed by atoms with Gasteiger partial charge in [0.15, 0.2) is 17.2 Å². The SMILES string of the molecule is COc1ccc(CN(c2nc(C)n(C)n2)c2nc(SC)nn3c(C#N)cnc23)cc1. The Bertz CT molecular complexity index is 1220.